The standard InChI is InChI=1S/C18H18N2O2S/c1-2-8-19-17(21)16-13-15(14-6-4-3-5-7-14)18(23-16)20-9-11-22-12-10-20/h1,3-7,13H,8-12H2,(H,19,21). The Kier molecular flexibility index (Phi) is 4.96. The number of thiophene rings is 1. The fourth-order valence-corrected chi connectivity index (χ4v) is 3.69. The van der Waals surface area contributed by atoms with Crippen LogP contribution in [0.15, 0.2) is 36.4 Å². The lowest BCUT2D eigenvalue weighted by Crippen LogP contribution is -2.35. The number of amides is 1. The van der Waals surface area contributed by atoms with Crippen LogP contribution in [0.5, 0.6) is 0 Å². The minimum Gasteiger partial charge on any atom is -0.378 e. The monoisotopic (exact) mass is 326 g/mol. The molecule has 23 heavy (non-hydrogen) atoms. The third kappa shape index (κ3) is 3.55. The zero-order chi connectivity index (χ0) is 16.1. The van der Waals surface area contributed by atoms with Gasteiger partial charge in [-0.3, -0.25) is 4.79 Å². The van der Waals surface area contributed by atoms with Crippen LogP contribution in [0.2, 0.25) is 0 Å². The van der Waals surface area contributed by atoms with Gasteiger partial charge in [0.15, 0.2) is 0 Å². The minimum atomic E-state index is -0.121. The molecule has 1 aromatic carbocycles. The summed E-state index contributed by atoms with van der Waals surface area (Å²) in [6, 6.07) is 12.1. The van der Waals surface area contributed by atoms with Crippen LogP contribution in [0.3, 0.4) is 0 Å². The van der Waals surface area contributed by atoms with Crippen LogP contribution in [0, 0.1) is 12.3 Å². The van der Waals surface area contributed by atoms with Crippen molar-refractivity contribution in [1.29, 1.82) is 0 Å². The molecule has 4 nitrogen and oxygen atoms in total. The summed E-state index contributed by atoms with van der Waals surface area (Å²) < 4.78 is 5.44. The molecule has 0 spiro atoms. The van der Waals surface area contributed by atoms with E-state index in [0.29, 0.717) is 18.1 Å². The predicted molar refractivity (Wildman–Crippen MR) is 94.0 cm³/mol. The van der Waals surface area contributed by atoms with Gasteiger partial charge in [-0.25, -0.2) is 0 Å². The summed E-state index contributed by atoms with van der Waals surface area (Å²) in [4.78, 5) is 15.2. The molecule has 0 atom stereocenters. The third-order valence-corrected chi connectivity index (χ3v) is 4.86. The van der Waals surface area contributed by atoms with Crippen LogP contribution in [0.1, 0.15) is 9.67 Å². The van der Waals surface area contributed by atoms with Crippen LogP contribution in [-0.4, -0.2) is 38.8 Å². The molecule has 2 aromatic rings. The van der Waals surface area contributed by atoms with Gasteiger partial charge < -0.3 is 15.0 Å². The summed E-state index contributed by atoms with van der Waals surface area (Å²) in [5.74, 6) is 2.31. The second-order valence-electron chi connectivity index (χ2n) is 5.18. The highest BCUT2D eigenvalue weighted by Gasteiger charge is 2.21. The Morgan fingerprint density at radius 2 is 2.04 bits per heavy atom. The normalized spacial score (nSPS) is 14.3. The third-order valence-electron chi connectivity index (χ3n) is 3.67. The maximum absolute atomic E-state index is 12.2. The Morgan fingerprint density at radius 1 is 1.30 bits per heavy atom. The van der Waals surface area contributed by atoms with Gasteiger partial charge in [-0.1, -0.05) is 36.3 Å². The number of hydrogen-bond donors (Lipinski definition) is 1. The molecule has 0 saturated carbocycles. The molecule has 5 heteroatoms. The lowest BCUT2D eigenvalue weighted by Gasteiger charge is -2.28. The van der Waals surface area contributed by atoms with E-state index in [-0.39, 0.29) is 12.5 Å². The highest BCUT2D eigenvalue weighted by atomic mass is 32.1. The van der Waals surface area contributed by atoms with Crippen molar-refractivity contribution in [2.45, 2.75) is 0 Å². The smallest absolute Gasteiger partial charge is 0.262 e. The first-order chi connectivity index (χ1) is 11.3. The van der Waals surface area contributed by atoms with Gasteiger partial charge in [0.05, 0.1) is 29.6 Å². The van der Waals surface area contributed by atoms with E-state index in [2.05, 4.69) is 28.3 Å². The molecule has 118 valence electrons. The van der Waals surface area contributed by atoms with E-state index >= 15 is 0 Å². The fourth-order valence-electron chi connectivity index (χ4n) is 2.54. The van der Waals surface area contributed by atoms with Crippen LogP contribution in [-0.2, 0) is 4.74 Å². The molecule has 1 fully saturated rings. The number of morpholine rings is 1. The number of carbonyl (C=O) groups excluding carboxylic acids is 1. The van der Waals surface area contributed by atoms with Crippen LogP contribution in [0.4, 0.5) is 5.00 Å². The zero-order valence-corrected chi connectivity index (χ0v) is 13.6. The van der Waals surface area contributed by atoms with E-state index in [1.165, 1.54) is 11.3 Å². The van der Waals surface area contributed by atoms with E-state index in [4.69, 9.17) is 11.2 Å². The molecule has 1 aliphatic heterocycles. The Hall–Kier alpha value is -2.29. The molecule has 1 amide bonds. The average molecular weight is 326 g/mol. The molecule has 0 bridgehead atoms. The lowest BCUT2D eigenvalue weighted by molar-refractivity contribution is 0.0963. The molecule has 1 saturated heterocycles. The zero-order valence-electron chi connectivity index (χ0n) is 12.7. The quantitative estimate of drug-likeness (QED) is 0.878. The second kappa shape index (κ2) is 7.32. The van der Waals surface area contributed by atoms with Gasteiger partial charge in [-0.2, -0.15) is 0 Å². The topological polar surface area (TPSA) is 41.6 Å². The van der Waals surface area contributed by atoms with Crippen molar-refractivity contribution >= 4 is 22.2 Å². The van der Waals surface area contributed by atoms with Gasteiger partial charge in [0.25, 0.3) is 5.91 Å². The van der Waals surface area contributed by atoms with Gasteiger partial charge >= 0.3 is 0 Å². The number of nitrogens with one attached hydrogen (secondary N) is 1. The molecular weight excluding hydrogens is 308 g/mol. The Bertz CT molecular complexity index is 712. The highest BCUT2D eigenvalue weighted by molar-refractivity contribution is 7.18. The number of benzene rings is 1. The van der Waals surface area contributed by atoms with Crippen molar-refractivity contribution in [1.82, 2.24) is 5.32 Å². The van der Waals surface area contributed by atoms with Crippen molar-refractivity contribution in [2.75, 3.05) is 37.7 Å². The maximum Gasteiger partial charge on any atom is 0.262 e. The second-order valence-corrected chi connectivity index (χ2v) is 6.21. The Morgan fingerprint density at radius 3 is 2.74 bits per heavy atom. The number of terminal acetylenes is 1. The molecule has 2 heterocycles. The van der Waals surface area contributed by atoms with Gasteiger partial charge in [-0.05, 0) is 11.6 Å². The van der Waals surface area contributed by atoms with Gasteiger partial charge in [0.2, 0.25) is 0 Å². The summed E-state index contributed by atoms with van der Waals surface area (Å²) in [7, 11) is 0. The minimum absolute atomic E-state index is 0.121. The summed E-state index contributed by atoms with van der Waals surface area (Å²) in [6.07, 6.45) is 5.21. The summed E-state index contributed by atoms with van der Waals surface area (Å²) in [6.45, 7) is 3.34. The van der Waals surface area contributed by atoms with Gasteiger partial charge in [0, 0.05) is 18.7 Å². The summed E-state index contributed by atoms with van der Waals surface area (Å²) in [5.41, 5.74) is 2.20. The van der Waals surface area contributed by atoms with Gasteiger partial charge in [0.1, 0.15) is 0 Å². The van der Waals surface area contributed by atoms with Crippen molar-refractivity contribution in [3.63, 3.8) is 0 Å². The number of hydrogen-bond acceptors (Lipinski definition) is 4. The molecule has 0 radical (unpaired) electrons. The molecule has 1 aromatic heterocycles. The van der Waals surface area contributed by atoms with Crippen molar-refractivity contribution in [2.24, 2.45) is 0 Å². The van der Waals surface area contributed by atoms with E-state index in [0.717, 1.165) is 29.2 Å². The van der Waals surface area contributed by atoms with Crippen LogP contribution in [0.25, 0.3) is 11.1 Å². The molecule has 0 aliphatic carbocycles. The van der Waals surface area contributed by atoms with Crippen molar-refractivity contribution in [3.05, 3.63) is 41.3 Å². The van der Waals surface area contributed by atoms with E-state index < -0.39 is 0 Å². The van der Waals surface area contributed by atoms with Crippen molar-refractivity contribution < 1.29 is 9.53 Å². The molecular formula is C18H18N2O2S. The van der Waals surface area contributed by atoms with Crippen molar-refractivity contribution in [3.8, 4) is 23.5 Å². The highest BCUT2D eigenvalue weighted by Crippen LogP contribution is 2.39. The van der Waals surface area contributed by atoms with Gasteiger partial charge in [-0.15, -0.1) is 17.8 Å². The lowest BCUT2D eigenvalue weighted by atomic mass is 10.1. The fraction of sp³-hybridized carbons (Fsp3) is 0.278. The molecule has 3 rings (SSSR count). The number of ether oxygens (including phenoxy) is 1. The Balaban J connectivity index is 1.96. The number of rotatable bonds is 4. The Labute approximate surface area is 140 Å². The molecule has 1 N–H and O–H groups in total. The first-order valence-corrected chi connectivity index (χ1v) is 8.35. The van der Waals surface area contributed by atoms with E-state index in [1.54, 1.807) is 0 Å². The summed E-state index contributed by atoms with van der Waals surface area (Å²) in [5, 5.41) is 3.85. The molecule has 0 unspecified atom stereocenters. The molecule has 1 aliphatic rings. The predicted octanol–water partition coefficient (Wildman–Crippen LogP) is 2.61. The van der Waals surface area contributed by atoms with E-state index in [1.807, 2.05) is 24.3 Å². The number of anilines is 1. The largest absolute Gasteiger partial charge is 0.378 e. The SMILES string of the molecule is C#CCNC(=O)c1cc(-c2ccccc2)c(N2CCOCC2)s1. The average Bonchev–Trinajstić information content (AvgIpc) is 3.06. The maximum atomic E-state index is 12.2. The van der Waals surface area contributed by atoms with Crippen LogP contribution < -0.4 is 10.2 Å². The number of carbonyl (C=O) groups is 1. The first-order valence-electron chi connectivity index (χ1n) is 7.53. The number of nitrogens with zero attached hydrogens (tertiary/aromatic N) is 1. The van der Waals surface area contributed by atoms with Crippen LogP contribution >= 0.6 is 11.3 Å². The first kappa shape index (κ1) is 15.6. The van der Waals surface area contributed by atoms with E-state index in [9.17, 15) is 4.79 Å². The summed E-state index contributed by atoms with van der Waals surface area (Å²) >= 11 is 1.51.